The molecule has 23 heavy (non-hydrogen) atoms. The summed E-state index contributed by atoms with van der Waals surface area (Å²) in [6.07, 6.45) is 1.19. The Bertz CT molecular complexity index is 767. The topological polar surface area (TPSA) is 68.5 Å². The molecule has 0 saturated heterocycles. The Labute approximate surface area is 139 Å². The predicted molar refractivity (Wildman–Crippen MR) is 91.4 cm³/mol. The Balaban J connectivity index is 2.35. The molecule has 124 valence electrons. The summed E-state index contributed by atoms with van der Waals surface area (Å²) in [4.78, 5) is 23.9. The lowest BCUT2D eigenvalue weighted by Crippen LogP contribution is -2.14. The molecule has 1 heterocycles. The largest absolute Gasteiger partial charge is 0.464 e. The summed E-state index contributed by atoms with van der Waals surface area (Å²) in [6.45, 7) is 6.29. The number of carbonyl (C=O) groups excluding carboxylic acids is 1. The summed E-state index contributed by atoms with van der Waals surface area (Å²) in [5.41, 5.74) is -0.01000. The van der Waals surface area contributed by atoms with E-state index in [9.17, 15) is 9.59 Å². The Morgan fingerprint density at radius 1 is 1.35 bits per heavy atom. The molecule has 0 saturated carbocycles. The first-order valence-electron chi connectivity index (χ1n) is 7.61. The fraction of sp³-hybridized carbons (Fsp3) is 0.412. The molecule has 1 aromatic carbocycles. The SMILES string of the molecule is CCCOc1oc(=O)c2cc(NC(=O)CC(C)C)ccc2c1Cl. The number of fused-ring (bicyclic) bond motifs is 1. The van der Waals surface area contributed by atoms with Crippen molar-refractivity contribution in [3.8, 4) is 5.95 Å². The van der Waals surface area contributed by atoms with Gasteiger partial charge in [0.05, 0.1) is 12.0 Å². The molecule has 2 aromatic rings. The van der Waals surface area contributed by atoms with Crippen molar-refractivity contribution in [2.75, 3.05) is 11.9 Å². The smallest absolute Gasteiger partial charge is 0.346 e. The normalized spacial score (nSPS) is 11.0. The van der Waals surface area contributed by atoms with Crippen LogP contribution in [-0.4, -0.2) is 12.5 Å². The highest BCUT2D eigenvalue weighted by Crippen LogP contribution is 2.32. The molecule has 2 rings (SSSR count). The minimum absolute atomic E-state index is 0.0302. The Morgan fingerprint density at radius 2 is 2.09 bits per heavy atom. The van der Waals surface area contributed by atoms with E-state index in [4.69, 9.17) is 20.8 Å². The van der Waals surface area contributed by atoms with E-state index in [1.165, 1.54) is 0 Å². The molecule has 5 nitrogen and oxygen atoms in total. The molecule has 1 N–H and O–H groups in total. The van der Waals surface area contributed by atoms with Crippen molar-refractivity contribution in [3.63, 3.8) is 0 Å². The zero-order valence-corrected chi connectivity index (χ0v) is 14.2. The lowest BCUT2D eigenvalue weighted by Gasteiger charge is -2.10. The quantitative estimate of drug-likeness (QED) is 0.856. The highest BCUT2D eigenvalue weighted by molar-refractivity contribution is 6.36. The number of ether oxygens (including phenoxy) is 1. The minimum Gasteiger partial charge on any atom is -0.464 e. The van der Waals surface area contributed by atoms with Crippen molar-refractivity contribution in [3.05, 3.63) is 33.6 Å². The van der Waals surface area contributed by atoms with Crippen LogP contribution in [0.5, 0.6) is 5.95 Å². The molecule has 0 unspecified atom stereocenters. The third-order valence-electron chi connectivity index (χ3n) is 3.16. The fourth-order valence-electron chi connectivity index (χ4n) is 2.15. The fourth-order valence-corrected chi connectivity index (χ4v) is 2.40. The van der Waals surface area contributed by atoms with E-state index < -0.39 is 5.63 Å². The molecule has 1 aromatic heterocycles. The van der Waals surface area contributed by atoms with Crippen molar-refractivity contribution in [2.45, 2.75) is 33.6 Å². The summed E-state index contributed by atoms with van der Waals surface area (Å²) in [5.74, 6) is 0.189. The number of hydrogen-bond acceptors (Lipinski definition) is 4. The van der Waals surface area contributed by atoms with Gasteiger partial charge in [-0.15, -0.1) is 0 Å². The number of amides is 1. The van der Waals surface area contributed by atoms with Crippen molar-refractivity contribution in [1.82, 2.24) is 0 Å². The molecule has 0 aliphatic carbocycles. The summed E-state index contributed by atoms with van der Waals surface area (Å²) in [6, 6.07) is 4.95. The van der Waals surface area contributed by atoms with Gasteiger partial charge < -0.3 is 14.5 Å². The van der Waals surface area contributed by atoms with E-state index in [1.54, 1.807) is 18.2 Å². The van der Waals surface area contributed by atoms with Crippen LogP contribution in [0.1, 0.15) is 33.6 Å². The van der Waals surface area contributed by atoms with Crippen LogP contribution in [0.25, 0.3) is 10.8 Å². The highest BCUT2D eigenvalue weighted by Gasteiger charge is 2.14. The second-order valence-corrected chi connectivity index (χ2v) is 6.12. The standard InChI is InChI=1S/C17H20ClNO4/c1-4-7-22-17-15(18)12-6-5-11(9-13(12)16(21)23-17)19-14(20)8-10(2)3/h5-6,9-10H,4,7-8H2,1-3H3,(H,19,20). The number of halogens is 1. The molecule has 0 spiro atoms. The van der Waals surface area contributed by atoms with Crippen LogP contribution >= 0.6 is 11.6 Å². The van der Waals surface area contributed by atoms with Crippen LogP contribution in [0.3, 0.4) is 0 Å². The van der Waals surface area contributed by atoms with E-state index in [2.05, 4.69) is 5.32 Å². The third-order valence-corrected chi connectivity index (χ3v) is 3.51. The number of rotatable bonds is 6. The summed E-state index contributed by atoms with van der Waals surface area (Å²) in [5, 5.41) is 3.87. The van der Waals surface area contributed by atoms with Gasteiger partial charge in [0.2, 0.25) is 5.91 Å². The van der Waals surface area contributed by atoms with Gasteiger partial charge in [-0.05, 0) is 24.5 Å². The maximum absolute atomic E-state index is 12.1. The Morgan fingerprint density at radius 3 is 2.74 bits per heavy atom. The number of anilines is 1. The Kier molecular flexibility index (Phi) is 5.66. The maximum Gasteiger partial charge on any atom is 0.346 e. The molecule has 0 fully saturated rings. The highest BCUT2D eigenvalue weighted by atomic mass is 35.5. The van der Waals surface area contributed by atoms with Gasteiger partial charge in [-0.2, -0.15) is 0 Å². The van der Waals surface area contributed by atoms with Gasteiger partial charge in [-0.1, -0.05) is 38.4 Å². The van der Waals surface area contributed by atoms with E-state index in [1.807, 2.05) is 20.8 Å². The number of hydrogen-bond donors (Lipinski definition) is 1. The first kappa shape index (κ1) is 17.3. The zero-order chi connectivity index (χ0) is 17.0. The van der Waals surface area contributed by atoms with Crippen LogP contribution in [-0.2, 0) is 4.79 Å². The molecule has 0 aliphatic heterocycles. The molecule has 6 heteroatoms. The molecular weight excluding hydrogens is 318 g/mol. The molecular formula is C17H20ClNO4. The van der Waals surface area contributed by atoms with E-state index in [0.29, 0.717) is 29.5 Å². The first-order chi connectivity index (χ1) is 10.9. The van der Waals surface area contributed by atoms with Gasteiger partial charge in [-0.25, -0.2) is 4.79 Å². The monoisotopic (exact) mass is 337 g/mol. The second kappa shape index (κ2) is 7.51. The van der Waals surface area contributed by atoms with E-state index in [-0.39, 0.29) is 22.8 Å². The molecule has 0 radical (unpaired) electrons. The Hall–Kier alpha value is -2.01. The second-order valence-electron chi connectivity index (χ2n) is 5.75. The van der Waals surface area contributed by atoms with E-state index in [0.717, 1.165) is 6.42 Å². The molecule has 1 amide bonds. The van der Waals surface area contributed by atoms with Gasteiger partial charge in [0.1, 0.15) is 5.02 Å². The molecule has 0 aliphatic rings. The third kappa shape index (κ3) is 4.26. The van der Waals surface area contributed by atoms with Crippen molar-refractivity contribution in [2.24, 2.45) is 5.92 Å². The zero-order valence-electron chi connectivity index (χ0n) is 13.4. The van der Waals surface area contributed by atoms with Gasteiger partial charge in [-0.3, -0.25) is 4.79 Å². The van der Waals surface area contributed by atoms with Crippen molar-refractivity contribution >= 4 is 34.0 Å². The molecule has 0 bridgehead atoms. The number of carbonyl (C=O) groups is 1. The van der Waals surface area contributed by atoms with Crippen LogP contribution in [0.4, 0.5) is 5.69 Å². The van der Waals surface area contributed by atoms with Crippen molar-refractivity contribution in [1.29, 1.82) is 0 Å². The molecule has 0 atom stereocenters. The maximum atomic E-state index is 12.1. The number of benzene rings is 1. The first-order valence-corrected chi connectivity index (χ1v) is 7.99. The average Bonchev–Trinajstić information content (AvgIpc) is 2.48. The van der Waals surface area contributed by atoms with Crippen LogP contribution in [0, 0.1) is 5.92 Å². The van der Waals surface area contributed by atoms with Crippen LogP contribution in [0.2, 0.25) is 5.02 Å². The minimum atomic E-state index is -0.546. The van der Waals surface area contributed by atoms with Crippen molar-refractivity contribution < 1.29 is 13.9 Å². The van der Waals surface area contributed by atoms with Gasteiger partial charge in [0.15, 0.2) is 0 Å². The van der Waals surface area contributed by atoms with Crippen LogP contribution < -0.4 is 15.7 Å². The predicted octanol–water partition coefficient (Wildman–Crippen LogP) is 4.22. The van der Waals surface area contributed by atoms with Crippen LogP contribution in [0.15, 0.2) is 27.4 Å². The lowest BCUT2D eigenvalue weighted by molar-refractivity contribution is -0.116. The lowest BCUT2D eigenvalue weighted by atomic mass is 10.1. The van der Waals surface area contributed by atoms with Gasteiger partial charge >= 0.3 is 11.6 Å². The number of nitrogens with one attached hydrogen (secondary N) is 1. The summed E-state index contributed by atoms with van der Waals surface area (Å²) < 4.78 is 10.5. The summed E-state index contributed by atoms with van der Waals surface area (Å²) >= 11 is 6.23. The van der Waals surface area contributed by atoms with Gasteiger partial charge in [0.25, 0.3) is 0 Å². The summed E-state index contributed by atoms with van der Waals surface area (Å²) in [7, 11) is 0. The van der Waals surface area contributed by atoms with Gasteiger partial charge in [0, 0.05) is 17.5 Å². The van der Waals surface area contributed by atoms with E-state index >= 15 is 0 Å². The average molecular weight is 338 g/mol.